The van der Waals surface area contributed by atoms with Crippen LogP contribution in [0.5, 0.6) is 23.0 Å². The lowest BCUT2D eigenvalue weighted by molar-refractivity contribution is -0.142. The van der Waals surface area contributed by atoms with E-state index < -0.39 is 17.9 Å². The number of aromatic nitrogens is 1. The first kappa shape index (κ1) is 22.5. The van der Waals surface area contributed by atoms with Gasteiger partial charge >= 0.3 is 17.9 Å². The maximum atomic E-state index is 12.3. The third kappa shape index (κ3) is 5.12. The highest BCUT2D eigenvalue weighted by atomic mass is 16.5. The number of nitrogens with zero attached hydrogens (tertiary/aromatic N) is 1. The molecule has 1 heterocycles. The van der Waals surface area contributed by atoms with Gasteiger partial charge in [-0.3, -0.25) is 9.59 Å². The van der Waals surface area contributed by atoms with E-state index in [2.05, 4.69) is 4.98 Å². The van der Waals surface area contributed by atoms with Crippen molar-refractivity contribution in [2.45, 2.75) is 20.5 Å². The van der Waals surface area contributed by atoms with Gasteiger partial charge in [0.2, 0.25) is 0 Å². The Hall–Kier alpha value is -4.14. The predicted octanol–water partition coefficient (Wildman–Crippen LogP) is 3.81. The molecule has 0 N–H and O–H groups in total. The molecule has 0 aliphatic carbocycles. The number of esters is 3. The van der Waals surface area contributed by atoms with Crippen LogP contribution in [0, 0.1) is 0 Å². The monoisotopic (exact) mass is 439 g/mol. The van der Waals surface area contributed by atoms with Gasteiger partial charge in [0.05, 0.1) is 19.9 Å². The molecule has 1 aromatic heterocycles. The molecule has 3 rings (SSSR count). The maximum Gasteiger partial charge on any atom is 0.360 e. The molecule has 0 atom stereocenters. The van der Waals surface area contributed by atoms with Gasteiger partial charge in [0.25, 0.3) is 0 Å². The molecular weight excluding hydrogens is 418 g/mol. The standard InChI is InChI=1S/C23H21NO8/c1-13(25)30-12-20-19-11-17(32-16-7-5-15(28-3)6-8-16)9-10-18(19)22(31-14(2)26)21(24-20)23(27)29-4/h5-11H,12H2,1-4H3. The Balaban J connectivity index is 2.14. The van der Waals surface area contributed by atoms with Crippen LogP contribution in [0.2, 0.25) is 0 Å². The molecule has 0 saturated heterocycles. The lowest BCUT2D eigenvalue weighted by Crippen LogP contribution is -2.14. The van der Waals surface area contributed by atoms with Gasteiger partial charge in [-0.05, 0) is 42.5 Å². The molecule has 0 aliphatic heterocycles. The topological polar surface area (TPSA) is 110 Å². The van der Waals surface area contributed by atoms with Crippen molar-refractivity contribution in [3.8, 4) is 23.0 Å². The largest absolute Gasteiger partial charge is 0.497 e. The maximum absolute atomic E-state index is 12.3. The second-order valence-corrected chi connectivity index (χ2v) is 6.59. The Kier molecular flexibility index (Phi) is 6.89. The zero-order valence-electron chi connectivity index (χ0n) is 18.0. The van der Waals surface area contributed by atoms with Crippen molar-refractivity contribution in [3.05, 3.63) is 53.9 Å². The number of hydrogen-bond acceptors (Lipinski definition) is 9. The minimum atomic E-state index is -0.800. The molecule has 3 aromatic rings. The highest BCUT2D eigenvalue weighted by molar-refractivity contribution is 6.02. The Labute approximate surface area is 183 Å². The number of ether oxygens (including phenoxy) is 5. The number of fused-ring (bicyclic) bond motifs is 1. The van der Waals surface area contributed by atoms with E-state index in [9.17, 15) is 14.4 Å². The summed E-state index contributed by atoms with van der Waals surface area (Å²) in [5.41, 5.74) is 0.0628. The van der Waals surface area contributed by atoms with Crippen molar-refractivity contribution in [2.75, 3.05) is 14.2 Å². The Bertz CT molecular complexity index is 1170. The first-order chi connectivity index (χ1) is 15.3. The van der Waals surface area contributed by atoms with Gasteiger partial charge in [0.15, 0.2) is 11.4 Å². The fourth-order valence-corrected chi connectivity index (χ4v) is 2.94. The summed E-state index contributed by atoms with van der Waals surface area (Å²) in [6.07, 6.45) is 0. The van der Waals surface area contributed by atoms with Crippen molar-refractivity contribution < 1.29 is 38.1 Å². The first-order valence-corrected chi connectivity index (χ1v) is 9.51. The zero-order chi connectivity index (χ0) is 23.3. The second-order valence-electron chi connectivity index (χ2n) is 6.59. The summed E-state index contributed by atoms with van der Waals surface area (Å²) in [4.78, 5) is 39.6. The third-order valence-corrected chi connectivity index (χ3v) is 4.34. The van der Waals surface area contributed by atoms with Crippen LogP contribution >= 0.6 is 0 Å². The van der Waals surface area contributed by atoms with E-state index in [1.165, 1.54) is 21.0 Å². The van der Waals surface area contributed by atoms with Crippen LogP contribution in [-0.4, -0.2) is 37.1 Å². The molecule has 2 aromatic carbocycles. The molecular formula is C23H21NO8. The van der Waals surface area contributed by atoms with Crippen molar-refractivity contribution in [3.63, 3.8) is 0 Å². The second kappa shape index (κ2) is 9.78. The van der Waals surface area contributed by atoms with Crippen LogP contribution in [0.3, 0.4) is 0 Å². The minimum Gasteiger partial charge on any atom is -0.497 e. The summed E-state index contributed by atoms with van der Waals surface area (Å²) in [6.45, 7) is 2.26. The molecule has 0 unspecified atom stereocenters. The fraction of sp³-hybridized carbons (Fsp3) is 0.217. The minimum absolute atomic E-state index is 0.0538. The van der Waals surface area contributed by atoms with E-state index in [4.69, 9.17) is 23.7 Å². The van der Waals surface area contributed by atoms with E-state index in [1.807, 2.05) is 0 Å². The van der Waals surface area contributed by atoms with Crippen LogP contribution in [0.1, 0.15) is 30.0 Å². The highest BCUT2D eigenvalue weighted by Crippen LogP contribution is 2.35. The number of carbonyl (C=O) groups excluding carboxylic acids is 3. The van der Waals surface area contributed by atoms with Gasteiger partial charge in [0.1, 0.15) is 23.9 Å². The smallest absolute Gasteiger partial charge is 0.360 e. The molecule has 9 heteroatoms. The molecule has 32 heavy (non-hydrogen) atoms. The lowest BCUT2D eigenvalue weighted by atomic mass is 10.1. The molecule has 0 bridgehead atoms. The van der Waals surface area contributed by atoms with Crippen LogP contribution < -0.4 is 14.2 Å². The summed E-state index contributed by atoms with van der Waals surface area (Å²) in [7, 11) is 2.75. The quantitative estimate of drug-likeness (QED) is 0.507. The number of rotatable bonds is 7. The van der Waals surface area contributed by atoms with Crippen molar-refractivity contribution in [1.82, 2.24) is 4.98 Å². The van der Waals surface area contributed by atoms with Gasteiger partial charge in [0, 0.05) is 24.6 Å². The van der Waals surface area contributed by atoms with Gasteiger partial charge in [-0.15, -0.1) is 0 Å². The molecule has 0 aliphatic rings. The average Bonchev–Trinajstić information content (AvgIpc) is 2.78. The summed E-state index contributed by atoms with van der Waals surface area (Å²) in [5, 5.41) is 0.876. The van der Waals surface area contributed by atoms with E-state index in [1.54, 1.807) is 49.6 Å². The van der Waals surface area contributed by atoms with Crippen LogP contribution in [0.15, 0.2) is 42.5 Å². The van der Waals surface area contributed by atoms with Crippen LogP contribution in [0.25, 0.3) is 10.8 Å². The van der Waals surface area contributed by atoms with Crippen molar-refractivity contribution >= 4 is 28.7 Å². The first-order valence-electron chi connectivity index (χ1n) is 9.51. The van der Waals surface area contributed by atoms with Gasteiger partial charge < -0.3 is 23.7 Å². The molecule has 0 amide bonds. The number of benzene rings is 2. The Morgan fingerprint density at radius 3 is 2.09 bits per heavy atom. The normalized spacial score (nSPS) is 10.4. The number of hydrogen-bond donors (Lipinski definition) is 0. The zero-order valence-corrected chi connectivity index (χ0v) is 18.0. The molecule has 9 nitrogen and oxygen atoms in total. The molecule has 0 radical (unpaired) electrons. The number of pyridine rings is 1. The average molecular weight is 439 g/mol. The summed E-state index contributed by atoms with van der Waals surface area (Å²) < 4.78 is 26.2. The van der Waals surface area contributed by atoms with E-state index in [0.717, 1.165) is 0 Å². The molecule has 0 spiro atoms. The van der Waals surface area contributed by atoms with E-state index in [-0.39, 0.29) is 23.7 Å². The lowest BCUT2D eigenvalue weighted by Gasteiger charge is -2.15. The van der Waals surface area contributed by atoms with Gasteiger partial charge in [-0.1, -0.05) is 0 Å². The molecule has 0 fully saturated rings. The van der Waals surface area contributed by atoms with E-state index in [0.29, 0.717) is 28.0 Å². The van der Waals surface area contributed by atoms with Gasteiger partial charge in [-0.2, -0.15) is 0 Å². The Morgan fingerprint density at radius 2 is 1.50 bits per heavy atom. The summed E-state index contributed by atoms with van der Waals surface area (Å²) in [5.74, 6) is -0.309. The third-order valence-electron chi connectivity index (χ3n) is 4.34. The predicted molar refractivity (Wildman–Crippen MR) is 113 cm³/mol. The fourth-order valence-electron chi connectivity index (χ4n) is 2.94. The summed E-state index contributed by atoms with van der Waals surface area (Å²) >= 11 is 0. The van der Waals surface area contributed by atoms with Crippen LogP contribution in [-0.2, 0) is 25.7 Å². The summed E-state index contributed by atoms with van der Waals surface area (Å²) in [6, 6.07) is 11.9. The molecule has 0 saturated carbocycles. The number of methoxy groups -OCH3 is 2. The van der Waals surface area contributed by atoms with Crippen molar-refractivity contribution in [1.29, 1.82) is 0 Å². The van der Waals surface area contributed by atoms with Crippen LogP contribution in [0.4, 0.5) is 0 Å². The number of carbonyl (C=O) groups is 3. The van der Waals surface area contributed by atoms with Gasteiger partial charge in [-0.25, -0.2) is 9.78 Å². The van der Waals surface area contributed by atoms with Crippen molar-refractivity contribution in [2.24, 2.45) is 0 Å². The Morgan fingerprint density at radius 1 is 0.844 bits per heavy atom. The molecule has 166 valence electrons. The highest BCUT2D eigenvalue weighted by Gasteiger charge is 2.23. The SMILES string of the molecule is COC(=O)c1nc(COC(C)=O)c2cc(Oc3ccc(OC)cc3)ccc2c1OC(C)=O. The van der Waals surface area contributed by atoms with E-state index >= 15 is 0 Å².